The molecule has 10 heavy (non-hydrogen) atoms. The van der Waals surface area contributed by atoms with Crippen LogP contribution < -0.4 is 34.7 Å². The molecule has 3 nitrogen and oxygen atoms in total. The molecular weight excluding hydrogens is 150 g/mol. The molecule has 0 unspecified atom stereocenters. The van der Waals surface area contributed by atoms with Gasteiger partial charge in [-0.05, 0) is 6.92 Å². The Balaban J connectivity index is 0. The Morgan fingerprint density at radius 3 is 2.60 bits per heavy atom. The second kappa shape index (κ2) is 7.05. The number of rotatable bonds is 2. The molecule has 0 heterocycles. The van der Waals surface area contributed by atoms with Gasteiger partial charge in [-0.2, -0.15) is 0 Å². The summed E-state index contributed by atoms with van der Waals surface area (Å²) in [7, 11) is 0. The first-order valence-electron chi connectivity index (χ1n) is 2.37. The van der Waals surface area contributed by atoms with E-state index in [0.29, 0.717) is 0 Å². The predicted molar refractivity (Wildman–Crippen MR) is 25.8 cm³/mol. The van der Waals surface area contributed by atoms with Crippen LogP contribution in [0.2, 0.25) is 0 Å². The molecule has 0 fully saturated rings. The van der Waals surface area contributed by atoms with Gasteiger partial charge in [0.25, 0.3) is 0 Å². The van der Waals surface area contributed by atoms with E-state index in [-0.39, 0.29) is 42.4 Å². The van der Waals surface area contributed by atoms with E-state index in [1.54, 1.807) is 0 Å². The van der Waals surface area contributed by atoms with E-state index < -0.39 is 11.8 Å². The maximum Gasteiger partial charge on any atom is 1.00 e. The Bertz CT molecular complexity index is 135. The quantitative estimate of drug-likeness (QED) is 0.182. The fourth-order valence-electron chi connectivity index (χ4n) is 0.248. The number of halogens is 1. The third-order valence-corrected chi connectivity index (χ3v) is 0.574. The maximum absolute atomic E-state index is 11.8. The molecule has 0 N–H and O–H groups in total. The van der Waals surface area contributed by atoms with E-state index in [9.17, 15) is 14.3 Å². The predicted octanol–water partition coefficient (Wildman–Crippen LogP) is -3.28. The molecule has 0 rings (SSSR count). The van der Waals surface area contributed by atoms with Gasteiger partial charge in [-0.3, -0.25) is 0 Å². The van der Waals surface area contributed by atoms with Gasteiger partial charge in [0, 0.05) is 0 Å². The van der Waals surface area contributed by atoms with Crippen molar-refractivity contribution in [1.29, 1.82) is 0 Å². The monoisotopic (exact) mass is 156 g/mol. The fourth-order valence-corrected chi connectivity index (χ4v) is 0.248. The summed E-state index contributed by atoms with van der Waals surface area (Å²) < 4.78 is 15.9. The normalized spacial score (nSPS) is 10.0. The Morgan fingerprint density at radius 1 is 1.80 bits per heavy atom. The van der Waals surface area contributed by atoms with Gasteiger partial charge in [-0.15, -0.1) is 6.26 Å². The van der Waals surface area contributed by atoms with Crippen molar-refractivity contribution in [2.24, 2.45) is 0 Å². The standard InChI is InChI=1S/C5H7FO3.Na/c1-2-9-5(8)4(6)3-7;/h3,7H,2H2,1H3;/q;+1/p-1/b4-3+;. The molecule has 0 saturated heterocycles. The van der Waals surface area contributed by atoms with Crippen molar-refractivity contribution in [3.63, 3.8) is 0 Å². The summed E-state index contributed by atoms with van der Waals surface area (Å²) in [6.07, 6.45) is -0.183. The Hall–Kier alpha value is -0.0600. The summed E-state index contributed by atoms with van der Waals surface area (Å²) in [5.74, 6) is -2.59. The Kier molecular flexibility index (Phi) is 8.89. The van der Waals surface area contributed by atoms with Crippen molar-refractivity contribution < 1.29 is 48.6 Å². The third-order valence-electron chi connectivity index (χ3n) is 0.574. The van der Waals surface area contributed by atoms with E-state index >= 15 is 0 Å². The van der Waals surface area contributed by atoms with Crippen LogP contribution in [-0.4, -0.2) is 12.6 Å². The van der Waals surface area contributed by atoms with E-state index in [0.717, 1.165) is 0 Å². The van der Waals surface area contributed by atoms with Crippen LogP contribution >= 0.6 is 0 Å². The van der Waals surface area contributed by atoms with Crippen LogP contribution in [0.5, 0.6) is 0 Å². The number of carbonyl (C=O) groups is 1. The molecule has 5 heteroatoms. The van der Waals surface area contributed by atoms with E-state index in [1.165, 1.54) is 6.92 Å². The zero-order chi connectivity index (χ0) is 7.28. The van der Waals surface area contributed by atoms with E-state index in [4.69, 9.17) is 0 Å². The maximum atomic E-state index is 11.8. The molecule has 0 aliphatic rings. The summed E-state index contributed by atoms with van der Waals surface area (Å²) in [5, 5.41) is 9.51. The molecule has 0 saturated carbocycles. The molecule has 0 aromatic carbocycles. The third kappa shape index (κ3) is 4.78. The number of esters is 1. The van der Waals surface area contributed by atoms with Crippen LogP contribution in [0.15, 0.2) is 12.1 Å². The molecular formula is C5H6FNaO3. The van der Waals surface area contributed by atoms with Crippen molar-refractivity contribution in [1.82, 2.24) is 0 Å². The minimum atomic E-state index is -1.39. The van der Waals surface area contributed by atoms with Crippen molar-refractivity contribution >= 4 is 5.97 Å². The summed E-state index contributed by atoms with van der Waals surface area (Å²) in [5.41, 5.74) is 0. The molecule has 0 radical (unpaired) electrons. The molecule has 0 atom stereocenters. The van der Waals surface area contributed by atoms with Gasteiger partial charge in [-0.1, -0.05) is 0 Å². The zero-order valence-corrected chi connectivity index (χ0v) is 7.89. The van der Waals surface area contributed by atoms with Crippen LogP contribution in [0, 0.1) is 0 Å². The molecule has 0 amide bonds. The molecule has 0 spiro atoms. The van der Waals surface area contributed by atoms with E-state index in [1.807, 2.05) is 0 Å². The topological polar surface area (TPSA) is 49.4 Å². The first-order valence-corrected chi connectivity index (χ1v) is 2.37. The van der Waals surface area contributed by atoms with Gasteiger partial charge in [-0.25, -0.2) is 9.18 Å². The first kappa shape index (κ1) is 12.6. The molecule has 0 aliphatic heterocycles. The molecule has 0 aromatic heterocycles. The van der Waals surface area contributed by atoms with Crippen LogP contribution in [0.4, 0.5) is 4.39 Å². The van der Waals surface area contributed by atoms with Gasteiger partial charge in [0.1, 0.15) is 0 Å². The zero-order valence-electron chi connectivity index (χ0n) is 5.89. The minimum Gasteiger partial charge on any atom is -0.876 e. The number of carbonyl (C=O) groups excluding carboxylic acids is 1. The molecule has 0 aromatic rings. The summed E-state index contributed by atoms with van der Waals surface area (Å²) >= 11 is 0. The molecule has 52 valence electrons. The fraction of sp³-hybridized carbons (Fsp3) is 0.400. The van der Waals surface area contributed by atoms with E-state index in [2.05, 4.69) is 4.74 Å². The average Bonchev–Trinajstić information content (AvgIpc) is 1.87. The van der Waals surface area contributed by atoms with Gasteiger partial charge in [0.05, 0.1) is 6.61 Å². The van der Waals surface area contributed by atoms with Crippen LogP contribution in [0.3, 0.4) is 0 Å². The van der Waals surface area contributed by atoms with Crippen molar-refractivity contribution in [3.8, 4) is 0 Å². The Morgan fingerprint density at radius 2 is 2.30 bits per heavy atom. The second-order valence-corrected chi connectivity index (χ2v) is 1.19. The minimum absolute atomic E-state index is 0. The van der Waals surface area contributed by atoms with Gasteiger partial charge < -0.3 is 9.84 Å². The largest absolute Gasteiger partial charge is 1.00 e. The van der Waals surface area contributed by atoms with Crippen molar-refractivity contribution in [2.75, 3.05) is 6.61 Å². The summed E-state index contributed by atoms with van der Waals surface area (Å²) in [6.45, 7) is 1.59. The average molecular weight is 156 g/mol. The van der Waals surface area contributed by atoms with Gasteiger partial charge in [0.2, 0.25) is 0 Å². The van der Waals surface area contributed by atoms with Gasteiger partial charge in [0.15, 0.2) is 5.83 Å². The first-order chi connectivity index (χ1) is 4.22. The smallest absolute Gasteiger partial charge is 0.876 e. The van der Waals surface area contributed by atoms with Crippen LogP contribution in [0.1, 0.15) is 6.92 Å². The SMILES string of the molecule is CCOC(=O)/C(F)=C\[O-].[Na+]. The molecule has 0 bridgehead atoms. The summed E-state index contributed by atoms with van der Waals surface area (Å²) in [6, 6.07) is 0. The van der Waals surface area contributed by atoms with Crippen molar-refractivity contribution in [2.45, 2.75) is 6.92 Å². The number of hydrogen-bond acceptors (Lipinski definition) is 3. The van der Waals surface area contributed by atoms with Gasteiger partial charge >= 0.3 is 35.5 Å². The Labute approximate surface area is 80.2 Å². The number of ether oxygens (including phenoxy) is 1. The van der Waals surface area contributed by atoms with Crippen LogP contribution in [0.25, 0.3) is 0 Å². The van der Waals surface area contributed by atoms with Crippen LogP contribution in [-0.2, 0) is 9.53 Å². The number of hydrogen-bond donors (Lipinski definition) is 0. The second-order valence-electron chi connectivity index (χ2n) is 1.19. The summed E-state index contributed by atoms with van der Waals surface area (Å²) in [4.78, 5) is 10.1. The van der Waals surface area contributed by atoms with Crippen molar-refractivity contribution in [3.05, 3.63) is 12.1 Å². The molecule has 0 aliphatic carbocycles.